The smallest absolute Gasteiger partial charge is 0.209 e. The summed E-state index contributed by atoms with van der Waals surface area (Å²) >= 11 is 7.32. The average Bonchev–Trinajstić information content (AvgIpc) is 3.06. The molecule has 0 saturated heterocycles. The first-order chi connectivity index (χ1) is 14.6. The number of halogens is 3. The SMILES string of the molecule is CCN1/C(=C/C=C/C2=[N+](CC)c3ccc(Br)cc3C2(C)C)C(C)(C)c2cc(Br)ccc21.[I-]. The summed E-state index contributed by atoms with van der Waals surface area (Å²) in [5, 5.41) is 0. The molecule has 2 aliphatic rings. The normalized spacial score (nSPS) is 19.5. The maximum Gasteiger partial charge on any atom is 0.209 e. The third-order valence-electron chi connectivity index (χ3n) is 6.85. The summed E-state index contributed by atoms with van der Waals surface area (Å²) in [4.78, 5) is 2.44. The Morgan fingerprint density at radius 1 is 0.906 bits per heavy atom. The van der Waals surface area contributed by atoms with E-state index in [9.17, 15) is 0 Å². The molecule has 0 spiro atoms. The molecule has 2 aromatic rings. The lowest BCUT2D eigenvalue weighted by Gasteiger charge is -2.25. The van der Waals surface area contributed by atoms with Crippen molar-refractivity contribution in [2.45, 2.75) is 52.4 Å². The van der Waals surface area contributed by atoms with Gasteiger partial charge in [-0.1, -0.05) is 51.8 Å². The van der Waals surface area contributed by atoms with E-state index in [4.69, 9.17) is 0 Å². The Labute approximate surface area is 226 Å². The van der Waals surface area contributed by atoms with Crippen LogP contribution in [0.1, 0.15) is 52.7 Å². The minimum Gasteiger partial charge on any atom is -1.00 e. The fourth-order valence-corrected chi connectivity index (χ4v) is 5.93. The summed E-state index contributed by atoms with van der Waals surface area (Å²) in [5.74, 6) is 0. The number of likely N-dealkylation sites (N-methyl/N-ethyl adjacent to an activating group) is 1. The van der Waals surface area contributed by atoms with Crippen molar-refractivity contribution in [1.82, 2.24) is 0 Å². The van der Waals surface area contributed by atoms with Gasteiger partial charge in [-0.05, 0) is 69.7 Å². The highest BCUT2D eigenvalue weighted by Gasteiger charge is 2.44. The molecule has 2 nitrogen and oxygen atoms in total. The lowest BCUT2D eigenvalue weighted by atomic mass is 9.81. The lowest BCUT2D eigenvalue weighted by Crippen LogP contribution is -3.00. The van der Waals surface area contributed by atoms with E-state index in [0.717, 1.165) is 22.0 Å². The molecule has 2 aliphatic heterocycles. The van der Waals surface area contributed by atoms with Crippen LogP contribution in [-0.4, -0.2) is 23.4 Å². The molecule has 5 heteroatoms. The highest BCUT2D eigenvalue weighted by Crippen LogP contribution is 2.48. The van der Waals surface area contributed by atoms with E-state index in [1.165, 1.54) is 33.9 Å². The van der Waals surface area contributed by atoms with Crippen molar-refractivity contribution in [3.8, 4) is 0 Å². The molecule has 0 N–H and O–H groups in total. The molecule has 0 radical (unpaired) electrons. The minimum atomic E-state index is -0.0341. The zero-order valence-electron chi connectivity index (χ0n) is 19.6. The van der Waals surface area contributed by atoms with Gasteiger partial charge in [-0.15, -0.1) is 0 Å². The first-order valence-electron chi connectivity index (χ1n) is 11.0. The van der Waals surface area contributed by atoms with E-state index in [0.29, 0.717) is 0 Å². The average molecular weight is 670 g/mol. The van der Waals surface area contributed by atoms with Gasteiger partial charge in [0.25, 0.3) is 0 Å². The largest absolute Gasteiger partial charge is 1.00 e. The van der Waals surface area contributed by atoms with Crippen LogP contribution in [0.4, 0.5) is 11.4 Å². The minimum absolute atomic E-state index is 0. The van der Waals surface area contributed by atoms with Gasteiger partial charge in [-0.3, -0.25) is 0 Å². The van der Waals surface area contributed by atoms with Crippen molar-refractivity contribution >= 4 is 48.9 Å². The van der Waals surface area contributed by atoms with Crippen molar-refractivity contribution in [2.75, 3.05) is 18.0 Å². The molecule has 0 aliphatic carbocycles. The van der Waals surface area contributed by atoms with Crippen LogP contribution >= 0.6 is 31.9 Å². The van der Waals surface area contributed by atoms with Gasteiger partial charge in [0.1, 0.15) is 6.54 Å². The molecular formula is C27H31Br2IN2. The fourth-order valence-electron chi connectivity index (χ4n) is 5.21. The van der Waals surface area contributed by atoms with E-state index >= 15 is 0 Å². The van der Waals surface area contributed by atoms with E-state index in [-0.39, 0.29) is 34.8 Å². The van der Waals surface area contributed by atoms with Gasteiger partial charge in [0, 0.05) is 50.0 Å². The van der Waals surface area contributed by atoms with E-state index in [1.54, 1.807) is 0 Å². The Hall–Kier alpha value is -0.920. The maximum atomic E-state index is 3.66. The van der Waals surface area contributed by atoms with Crippen LogP contribution in [-0.2, 0) is 10.8 Å². The number of nitrogens with zero attached hydrogens (tertiary/aromatic N) is 2. The second kappa shape index (κ2) is 9.38. The van der Waals surface area contributed by atoms with Crippen LogP contribution in [0.5, 0.6) is 0 Å². The van der Waals surface area contributed by atoms with Gasteiger partial charge in [-0.25, -0.2) is 0 Å². The van der Waals surface area contributed by atoms with Crippen molar-refractivity contribution in [3.63, 3.8) is 0 Å². The Bertz CT molecular complexity index is 1140. The molecule has 2 aromatic carbocycles. The summed E-state index contributed by atoms with van der Waals surface area (Å²) < 4.78 is 4.72. The molecule has 0 aromatic heterocycles. The van der Waals surface area contributed by atoms with Crippen molar-refractivity contribution in [3.05, 3.63) is 80.4 Å². The number of hydrogen-bond donors (Lipinski definition) is 0. The molecule has 0 amide bonds. The summed E-state index contributed by atoms with van der Waals surface area (Å²) in [6, 6.07) is 13.3. The predicted octanol–water partition coefficient (Wildman–Crippen LogP) is 4.87. The molecule has 2 heterocycles. The maximum absolute atomic E-state index is 3.66. The molecule has 32 heavy (non-hydrogen) atoms. The fraction of sp³-hybridized carbons (Fsp3) is 0.370. The monoisotopic (exact) mass is 668 g/mol. The summed E-state index contributed by atoms with van der Waals surface area (Å²) in [6.07, 6.45) is 6.88. The van der Waals surface area contributed by atoms with E-state index in [2.05, 4.69) is 138 Å². The third-order valence-corrected chi connectivity index (χ3v) is 7.83. The Morgan fingerprint density at radius 3 is 2.16 bits per heavy atom. The van der Waals surface area contributed by atoms with Gasteiger partial charge in [-0.2, -0.15) is 4.58 Å². The molecule has 0 saturated carbocycles. The standard InChI is InChI=1S/C27H31Br2N2.HI/c1-7-30-22-14-12-18(28)16-20(22)26(3,4)24(30)10-9-11-25-27(5,6)21-17-19(29)13-15-23(21)31(25)8-2;/h9-17H,7-8H2,1-6H3;1H/q+1;/p-1. The Morgan fingerprint density at radius 2 is 1.53 bits per heavy atom. The van der Waals surface area contributed by atoms with Crippen molar-refractivity contribution in [1.29, 1.82) is 0 Å². The Kier molecular flexibility index (Phi) is 7.53. The first-order valence-corrected chi connectivity index (χ1v) is 12.6. The number of fused-ring (bicyclic) bond motifs is 2. The third kappa shape index (κ3) is 4.07. The van der Waals surface area contributed by atoms with Gasteiger partial charge in [0.15, 0.2) is 5.71 Å². The zero-order chi connectivity index (χ0) is 22.6. The number of benzene rings is 2. The van der Waals surface area contributed by atoms with Crippen LogP contribution in [0.15, 0.2) is 69.3 Å². The second-order valence-electron chi connectivity index (χ2n) is 9.36. The molecule has 0 fully saturated rings. The van der Waals surface area contributed by atoms with Crippen LogP contribution in [0.25, 0.3) is 0 Å². The van der Waals surface area contributed by atoms with Crippen molar-refractivity contribution in [2.24, 2.45) is 0 Å². The molecule has 170 valence electrons. The first kappa shape index (κ1) is 25.7. The van der Waals surface area contributed by atoms with Crippen LogP contribution < -0.4 is 28.9 Å². The van der Waals surface area contributed by atoms with Crippen LogP contribution in [0.2, 0.25) is 0 Å². The second-order valence-corrected chi connectivity index (χ2v) is 11.2. The highest BCUT2D eigenvalue weighted by atomic mass is 127. The number of anilines is 1. The highest BCUT2D eigenvalue weighted by molar-refractivity contribution is 9.10. The van der Waals surface area contributed by atoms with Gasteiger partial charge in [0.05, 0.1) is 5.41 Å². The van der Waals surface area contributed by atoms with Gasteiger partial charge < -0.3 is 28.9 Å². The molecular weight excluding hydrogens is 639 g/mol. The quantitative estimate of drug-likeness (QED) is 0.333. The predicted molar refractivity (Wildman–Crippen MR) is 140 cm³/mol. The molecule has 0 unspecified atom stereocenters. The molecule has 0 atom stereocenters. The number of rotatable bonds is 4. The summed E-state index contributed by atoms with van der Waals surface area (Å²) in [5.41, 5.74) is 8.02. The summed E-state index contributed by atoms with van der Waals surface area (Å²) in [6.45, 7) is 15.7. The molecule has 4 rings (SSSR count). The van der Waals surface area contributed by atoms with Gasteiger partial charge in [0.2, 0.25) is 5.69 Å². The van der Waals surface area contributed by atoms with E-state index in [1.807, 2.05) is 0 Å². The number of allylic oxidation sites excluding steroid dienone is 4. The lowest BCUT2D eigenvalue weighted by molar-refractivity contribution is -0.433. The van der Waals surface area contributed by atoms with Gasteiger partial charge >= 0.3 is 0 Å². The Balaban J connectivity index is 0.00000289. The number of hydrogen-bond acceptors (Lipinski definition) is 1. The van der Waals surface area contributed by atoms with E-state index < -0.39 is 0 Å². The zero-order valence-corrected chi connectivity index (χ0v) is 25.0. The van der Waals surface area contributed by atoms with Crippen molar-refractivity contribution < 1.29 is 28.6 Å². The summed E-state index contributed by atoms with van der Waals surface area (Å²) in [7, 11) is 0. The van der Waals surface area contributed by atoms with Crippen LogP contribution in [0.3, 0.4) is 0 Å². The molecule has 0 bridgehead atoms. The topological polar surface area (TPSA) is 6.25 Å². The van der Waals surface area contributed by atoms with Crippen LogP contribution in [0, 0.1) is 0 Å².